The smallest absolute Gasteiger partial charge is 0.0869 e. The molecule has 0 N–H and O–H groups in total. The third kappa shape index (κ3) is 1.96. The van der Waals surface area contributed by atoms with Gasteiger partial charge < -0.3 is 4.74 Å². The van der Waals surface area contributed by atoms with Crippen LogP contribution in [0.2, 0.25) is 0 Å². The molecule has 1 fully saturated rings. The van der Waals surface area contributed by atoms with Crippen LogP contribution in [0, 0.1) is 0 Å². The molecule has 1 aliphatic heterocycles. The van der Waals surface area contributed by atoms with Gasteiger partial charge in [0.25, 0.3) is 0 Å². The monoisotopic (exact) mass is 180 g/mol. The zero-order valence-corrected chi connectivity index (χ0v) is 8.81. The molecule has 13 heavy (non-hydrogen) atoms. The quantitative estimate of drug-likeness (QED) is 0.519. The molecule has 2 aliphatic rings. The van der Waals surface area contributed by atoms with Crippen LogP contribution in [0.3, 0.4) is 0 Å². The Kier molecular flexibility index (Phi) is 2.23. The van der Waals surface area contributed by atoms with Gasteiger partial charge in [-0.2, -0.15) is 0 Å². The standard InChI is InChI=1S/C12H20O/c1-11(2)7-6-10-12(13-11)8-4-3-5-9-12/h4,8H,3,5-7,9-10H2,1-2H3. The van der Waals surface area contributed by atoms with E-state index in [0.717, 1.165) is 0 Å². The molecule has 1 saturated heterocycles. The van der Waals surface area contributed by atoms with Crippen LogP contribution < -0.4 is 0 Å². The Hall–Kier alpha value is -0.300. The van der Waals surface area contributed by atoms with Gasteiger partial charge >= 0.3 is 0 Å². The van der Waals surface area contributed by atoms with Gasteiger partial charge in [0.2, 0.25) is 0 Å². The zero-order valence-electron chi connectivity index (χ0n) is 8.81. The highest BCUT2D eigenvalue weighted by molar-refractivity contribution is 5.08. The van der Waals surface area contributed by atoms with Crippen LogP contribution in [0.5, 0.6) is 0 Å². The van der Waals surface area contributed by atoms with Crippen LogP contribution in [0.15, 0.2) is 12.2 Å². The second kappa shape index (κ2) is 3.13. The summed E-state index contributed by atoms with van der Waals surface area (Å²) in [7, 11) is 0. The van der Waals surface area contributed by atoms with Gasteiger partial charge in [0.15, 0.2) is 0 Å². The molecule has 74 valence electrons. The van der Waals surface area contributed by atoms with E-state index in [1.807, 2.05) is 0 Å². The van der Waals surface area contributed by atoms with Gasteiger partial charge in [0.05, 0.1) is 11.2 Å². The summed E-state index contributed by atoms with van der Waals surface area (Å²) in [6, 6.07) is 0. The molecular formula is C12H20O. The first-order chi connectivity index (χ1) is 6.12. The maximum absolute atomic E-state index is 6.22. The number of hydrogen-bond acceptors (Lipinski definition) is 1. The minimum absolute atomic E-state index is 0.0972. The normalized spacial score (nSPS) is 38.0. The van der Waals surface area contributed by atoms with E-state index >= 15 is 0 Å². The van der Waals surface area contributed by atoms with E-state index in [4.69, 9.17) is 4.74 Å². The highest BCUT2D eigenvalue weighted by Crippen LogP contribution is 2.40. The number of ether oxygens (including phenoxy) is 1. The molecule has 0 saturated carbocycles. The van der Waals surface area contributed by atoms with Gasteiger partial charge in [-0.15, -0.1) is 0 Å². The van der Waals surface area contributed by atoms with Gasteiger partial charge in [-0.05, 0) is 52.4 Å². The molecule has 0 radical (unpaired) electrons. The Bertz CT molecular complexity index is 217. The lowest BCUT2D eigenvalue weighted by molar-refractivity contribution is -0.154. The third-order valence-corrected chi connectivity index (χ3v) is 3.25. The molecule has 0 aromatic heterocycles. The van der Waals surface area contributed by atoms with Crippen LogP contribution in [-0.4, -0.2) is 11.2 Å². The van der Waals surface area contributed by atoms with Crippen molar-refractivity contribution in [1.82, 2.24) is 0 Å². The van der Waals surface area contributed by atoms with Crippen molar-refractivity contribution in [2.24, 2.45) is 0 Å². The summed E-state index contributed by atoms with van der Waals surface area (Å²) >= 11 is 0. The predicted molar refractivity (Wildman–Crippen MR) is 54.7 cm³/mol. The molecule has 0 amide bonds. The van der Waals surface area contributed by atoms with E-state index in [9.17, 15) is 0 Å². The summed E-state index contributed by atoms with van der Waals surface area (Å²) in [5.41, 5.74) is 0.208. The fourth-order valence-corrected chi connectivity index (χ4v) is 2.66. The molecule has 1 heteroatoms. The SMILES string of the molecule is CC1(C)CCCC2(C=CCCC2)O1. The summed E-state index contributed by atoms with van der Waals surface area (Å²) in [4.78, 5) is 0. The van der Waals surface area contributed by atoms with Crippen molar-refractivity contribution in [3.05, 3.63) is 12.2 Å². The lowest BCUT2D eigenvalue weighted by Gasteiger charge is -2.45. The first-order valence-electron chi connectivity index (χ1n) is 5.50. The van der Waals surface area contributed by atoms with E-state index < -0.39 is 0 Å². The summed E-state index contributed by atoms with van der Waals surface area (Å²) in [5.74, 6) is 0. The first-order valence-corrected chi connectivity index (χ1v) is 5.50. The summed E-state index contributed by atoms with van der Waals surface area (Å²) < 4.78 is 6.22. The molecule has 1 spiro atoms. The van der Waals surface area contributed by atoms with Crippen molar-refractivity contribution in [2.75, 3.05) is 0 Å². The zero-order chi connectivity index (χ0) is 9.36. The van der Waals surface area contributed by atoms with Crippen LogP contribution in [0.1, 0.15) is 52.4 Å². The molecule has 1 aliphatic carbocycles. The number of rotatable bonds is 0. The van der Waals surface area contributed by atoms with E-state index in [2.05, 4.69) is 26.0 Å². The number of hydrogen-bond donors (Lipinski definition) is 0. The topological polar surface area (TPSA) is 9.23 Å². The van der Waals surface area contributed by atoms with Gasteiger partial charge in [-0.25, -0.2) is 0 Å². The minimum atomic E-state index is 0.0972. The molecule has 2 rings (SSSR count). The summed E-state index contributed by atoms with van der Waals surface area (Å²) in [5, 5.41) is 0. The van der Waals surface area contributed by atoms with E-state index in [1.165, 1.54) is 38.5 Å². The Labute approximate surface area is 81.2 Å². The highest BCUT2D eigenvalue weighted by atomic mass is 16.5. The van der Waals surface area contributed by atoms with E-state index in [0.29, 0.717) is 0 Å². The Balaban J connectivity index is 2.13. The molecule has 1 heterocycles. The summed E-state index contributed by atoms with van der Waals surface area (Å²) in [6.07, 6.45) is 12.1. The summed E-state index contributed by atoms with van der Waals surface area (Å²) in [6.45, 7) is 4.44. The fourth-order valence-electron chi connectivity index (χ4n) is 2.66. The van der Waals surface area contributed by atoms with E-state index in [1.54, 1.807) is 0 Å². The largest absolute Gasteiger partial charge is 0.365 e. The maximum atomic E-state index is 6.22. The second-order valence-electron chi connectivity index (χ2n) is 5.07. The van der Waals surface area contributed by atoms with Crippen LogP contribution in [0.4, 0.5) is 0 Å². The van der Waals surface area contributed by atoms with Crippen molar-refractivity contribution < 1.29 is 4.74 Å². The molecule has 1 unspecified atom stereocenters. The lowest BCUT2D eigenvalue weighted by Crippen LogP contribution is -2.44. The minimum Gasteiger partial charge on any atom is -0.365 e. The Morgan fingerprint density at radius 3 is 2.46 bits per heavy atom. The molecule has 0 aromatic rings. The predicted octanol–water partition coefficient (Wildman–Crippen LogP) is 3.44. The average Bonchev–Trinajstić information content (AvgIpc) is 2.03. The van der Waals surface area contributed by atoms with Crippen LogP contribution in [-0.2, 0) is 4.74 Å². The number of allylic oxidation sites excluding steroid dienone is 1. The van der Waals surface area contributed by atoms with Crippen molar-refractivity contribution in [3.8, 4) is 0 Å². The van der Waals surface area contributed by atoms with Crippen molar-refractivity contribution in [1.29, 1.82) is 0 Å². The Morgan fingerprint density at radius 1 is 1.08 bits per heavy atom. The van der Waals surface area contributed by atoms with Gasteiger partial charge in [0.1, 0.15) is 0 Å². The van der Waals surface area contributed by atoms with Gasteiger partial charge in [-0.1, -0.05) is 12.2 Å². The third-order valence-electron chi connectivity index (χ3n) is 3.25. The Morgan fingerprint density at radius 2 is 1.85 bits per heavy atom. The van der Waals surface area contributed by atoms with E-state index in [-0.39, 0.29) is 11.2 Å². The van der Waals surface area contributed by atoms with Crippen molar-refractivity contribution in [3.63, 3.8) is 0 Å². The van der Waals surface area contributed by atoms with Crippen molar-refractivity contribution in [2.45, 2.75) is 63.6 Å². The van der Waals surface area contributed by atoms with Gasteiger partial charge in [-0.3, -0.25) is 0 Å². The highest BCUT2D eigenvalue weighted by Gasteiger charge is 2.39. The maximum Gasteiger partial charge on any atom is 0.0869 e. The van der Waals surface area contributed by atoms with Crippen LogP contribution >= 0.6 is 0 Å². The van der Waals surface area contributed by atoms with Crippen LogP contribution in [0.25, 0.3) is 0 Å². The van der Waals surface area contributed by atoms with Gasteiger partial charge in [0, 0.05) is 0 Å². The molecule has 1 nitrogen and oxygen atoms in total. The van der Waals surface area contributed by atoms with Crippen molar-refractivity contribution >= 4 is 0 Å². The average molecular weight is 180 g/mol. The lowest BCUT2D eigenvalue weighted by atomic mass is 9.81. The molecular weight excluding hydrogens is 160 g/mol. The first kappa shape index (κ1) is 9.26. The fraction of sp³-hybridized carbons (Fsp3) is 0.833. The molecule has 0 aromatic carbocycles. The molecule has 0 bridgehead atoms. The molecule has 1 atom stereocenters. The second-order valence-corrected chi connectivity index (χ2v) is 5.07.